The monoisotopic (exact) mass is 428 g/mol. The SMILES string of the molecule is O=C(CSc1ccc(-c2nc3ccccc3[nH]2)cn1)Nc1ccccc1C(F)(F)F. The molecule has 0 unspecified atom stereocenters. The van der Waals surface area contributed by atoms with E-state index in [1.54, 1.807) is 12.3 Å². The molecule has 0 aliphatic rings. The molecule has 0 atom stereocenters. The van der Waals surface area contributed by atoms with Crippen LogP contribution in [0.5, 0.6) is 0 Å². The molecule has 0 aliphatic heterocycles. The number of carbonyl (C=O) groups is 1. The lowest BCUT2D eigenvalue weighted by Crippen LogP contribution is -2.18. The molecule has 152 valence electrons. The van der Waals surface area contributed by atoms with Crippen molar-refractivity contribution in [2.75, 3.05) is 11.1 Å². The van der Waals surface area contributed by atoms with Crippen molar-refractivity contribution in [2.45, 2.75) is 11.2 Å². The van der Waals surface area contributed by atoms with Gasteiger partial charge in [-0.15, -0.1) is 0 Å². The molecule has 0 aliphatic carbocycles. The van der Waals surface area contributed by atoms with Crippen molar-refractivity contribution in [3.8, 4) is 11.4 Å². The number of thioether (sulfide) groups is 1. The number of rotatable bonds is 5. The van der Waals surface area contributed by atoms with E-state index in [0.29, 0.717) is 10.9 Å². The van der Waals surface area contributed by atoms with E-state index in [1.807, 2.05) is 30.3 Å². The number of amides is 1. The Bertz CT molecular complexity index is 1160. The average molecular weight is 428 g/mol. The number of fused-ring (bicyclic) bond motifs is 1. The number of carbonyl (C=O) groups excluding carboxylic acids is 1. The molecule has 0 fully saturated rings. The van der Waals surface area contributed by atoms with Gasteiger partial charge in [0.1, 0.15) is 5.82 Å². The van der Waals surface area contributed by atoms with Crippen LogP contribution >= 0.6 is 11.8 Å². The number of para-hydroxylation sites is 3. The zero-order chi connectivity index (χ0) is 21.1. The number of anilines is 1. The number of aromatic nitrogens is 3. The van der Waals surface area contributed by atoms with Gasteiger partial charge in [-0.25, -0.2) is 9.97 Å². The molecule has 2 heterocycles. The van der Waals surface area contributed by atoms with Gasteiger partial charge >= 0.3 is 6.18 Å². The summed E-state index contributed by atoms with van der Waals surface area (Å²) in [5.41, 5.74) is 1.42. The number of alkyl halides is 3. The minimum atomic E-state index is -4.54. The van der Waals surface area contributed by atoms with Crippen LogP contribution in [-0.2, 0) is 11.0 Å². The molecule has 2 aromatic carbocycles. The summed E-state index contributed by atoms with van der Waals surface area (Å²) < 4.78 is 39.1. The molecule has 0 saturated heterocycles. The predicted molar refractivity (Wildman–Crippen MR) is 110 cm³/mol. The van der Waals surface area contributed by atoms with Crippen molar-refractivity contribution < 1.29 is 18.0 Å². The van der Waals surface area contributed by atoms with E-state index in [1.165, 1.54) is 18.2 Å². The Balaban J connectivity index is 1.39. The highest BCUT2D eigenvalue weighted by molar-refractivity contribution is 7.99. The summed E-state index contributed by atoms with van der Waals surface area (Å²) in [6, 6.07) is 16.1. The maximum absolute atomic E-state index is 13.0. The highest BCUT2D eigenvalue weighted by atomic mass is 32.2. The number of nitrogens with zero attached hydrogens (tertiary/aromatic N) is 2. The van der Waals surface area contributed by atoms with Gasteiger partial charge in [0.15, 0.2) is 0 Å². The number of aromatic amines is 1. The first-order valence-electron chi connectivity index (χ1n) is 8.90. The molecule has 9 heteroatoms. The van der Waals surface area contributed by atoms with Gasteiger partial charge in [-0.3, -0.25) is 4.79 Å². The topological polar surface area (TPSA) is 70.7 Å². The lowest BCUT2D eigenvalue weighted by Gasteiger charge is -2.13. The van der Waals surface area contributed by atoms with Crippen molar-refractivity contribution in [3.05, 3.63) is 72.4 Å². The van der Waals surface area contributed by atoms with E-state index < -0.39 is 17.6 Å². The van der Waals surface area contributed by atoms with E-state index in [2.05, 4.69) is 20.3 Å². The number of pyridine rings is 1. The fourth-order valence-corrected chi connectivity index (χ4v) is 3.50. The molecule has 2 aromatic heterocycles. The lowest BCUT2D eigenvalue weighted by molar-refractivity contribution is -0.137. The van der Waals surface area contributed by atoms with Crippen LogP contribution in [0.2, 0.25) is 0 Å². The summed E-state index contributed by atoms with van der Waals surface area (Å²) >= 11 is 1.14. The number of hydrogen-bond acceptors (Lipinski definition) is 4. The second kappa shape index (κ2) is 8.19. The Morgan fingerprint density at radius 3 is 2.53 bits per heavy atom. The van der Waals surface area contributed by atoms with E-state index in [9.17, 15) is 18.0 Å². The first-order chi connectivity index (χ1) is 14.4. The van der Waals surface area contributed by atoms with Crippen molar-refractivity contribution in [3.63, 3.8) is 0 Å². The Hall–Kier alpha value is -3.33. The van der Waals surface area contributed by atoms with Crippen LogP contribution in [0.15, 0.2) is 71.9 Å². The molecule has 4 aromatic rings. The van der Waals surface area contributed by atoms with Crippen LogP contribution in [-0.4, -0.2) is 26.6 Å². The third-order valence-corrected chi connectivity index (χ3v) is 5.20. The molecule has 0 spiro atoms. The first-order valence-corrected chi connectivity index (χ1v) is 9.89. The van der Waals surface area contributed by atoms with Crippen molar-refractivity contribution in [1.29, 1.82) is 0 Å². The molecule has 0 radical (unpaired) electrons. The second-order valence-electron chi connectivity index (χ2n) is 6.37. The minimum Gasteiger partial charge on any atom is -0.338 e. The molecule has 1 amide bonds. The van der Waals surface area contributed by atoms with Gasteiger partial charge in [0.25, 0.3) is 0 Å². The maximum Gasteiger partial charge on any atom is 0.418 e. The van der Waals surface area contributed by atoms with Gasteiger partial charge < -0.3 is 10.3 Å². The zero-order valence-electron chi connectivity index (χ0n) is 15.4. The molecular weight excluding hydrogens is 413 g/mol. The highest BCUT2D eigenvalue weighted by Crippen LogP contribution is 2.34. The number of nitrogens with one attached hydrogen (secondary N) is 2. The van der Waals surface area contributed by atoms with Crippen LogP contribution in [0.25, 0.3) is 22.4 Å². The molecule has 4 rings (SSSR count). The smallest absolute Gasteiger partial charge is 0.338 e. The normalized spacial score (nSPS) is 11.6. The summed E-state index contributed by atoms with van der Waals surface area (Å²) in [5, 5.41) is 2.89. The fourth-order valence-electron chi connectivity index (χ4n) is 2.86. The Morgan fingerprint density at radius 1 is 1.03 bits per heavy atom. The van der Waals surface area contributed by atoms with Crippen LogP contribution in [0, 0.1) is 0 Å². The second-order valence-corrected chi connectivity index (χ2v) is 7.36. The van der Waals surface area contributed by atoms with Crippen LogP contribution in [0.3, 0.4) is 0 Å². The third kappa shape index (κ3) is 4.46. The first kappa shape index (κ1) is 20.0. The quantitative estimate of drug-likeness (QED) is 0.419. The number of hydrogen-bond donors (Lipinski definition) is 2. The van der Waals surface area contributed by atoms with Crippen LogP contribution < -0.4 is 5.32 Å². The van der Waals surface area contributed by atoms with Gasteiger partial charge in [-0.05, 0) is 36.4 Å². The van der Waals surface area contributed by atoms with Gasteiger partial charge in [0.05, 0.1) is 33.1 Å². The summed E-state index contributed by atoms with van der Waals surface area (Å²) in [5.74, 6) is 0.0741. The van der Waals surface area contributed by atoms with Crippen molar-refractivity contribution in [1.82, 2.24) is 15.0 Å². The van der Waals surface area contributed by atoms with Crippen molar-refractivity contribution in [2.24, 2.45) is 0 Å². The molecular formula is C21H15F3N4OS. The number of H-pyrrole nitrogens is 1. The van der Waals surface area contributed by atoms with Crippen LogP contribution in [0.4, 0.5) is 18.9 Å². The number of imidazole rings is 1. The molecule has 0 bridgehead atoms. The third-order valence-electron chi connectivity index (χ3n) is 4.26. The molecule has 5 nitrogen and oxygen atoms in total. The van der Waals surface area contributed by atoms with Crippen LogP contribution in [0.1, 0.15) is 5.56 Å². The lowest BCUT2D eigenvalue weighted by atomic mass is 10.1. The van der Waals surface area contributed by atoms with E-state index in [0.717, 1.165) is 34.4 Å². The Labute approximate surface area is 173 Å². The predicted octanol–water partition coefficient (Wildman–Crippen LogP) is 5.37. The number of benzene rings is 2. The zero-order valence-corrected chi connectivity index (χ0v) is 16.2. The van der Waals surface area contributed by atoms with Gasteiger partial charge in [-0.2, -0.15) is 13.2 Å². The van der Waals surface area contributed by atoms with Gasteiger partial charge in [0, 0.05) is 11.8 Å². The summed E-state index contributed by atoms with van der Waals surface area (Å²) in [6.07, 6.45) is -2.90. The average Bonchev–Trinajstić information content (AvgIpc) is 3.16. The largest absolute Gasteiger partial charge is 0.418 e. The summed E-state index contributed by atoms with van der Waals surface area (Å²) in [6.45, 7) is 0. The Kier molecular flexibility index (Phi) is 5.45. The van der Waals surface area contributed by atoms with E-state index >= 15 is 0 Å². The van der Waals surface area contributed by atoms with Gasteiger partial charge in [-0.1, -0.05) is 36.0 Å². The minimum absolute atomic E-state index is 0.0663. The molecule has 0 saturated carbocycles. The number of halogens is 3. The fraction of sp³-hybridized carbons (Fsp3) is 0.0952. The van der Waals surface area contributed by atoms with E-state index in [4.69, 9.17) is 0 Å². The molecule has 2 N–H and O–H groups in total. The standard InChI is InChI=1S/C21H15F3N4OS/c22-21(23,24)14-5-1-2-6-15(14)26-18(29)12-30-19-10-9-13(11-25-19)20-27-16-7-3-4-8-17(16)28-20/h1-11H,12H2,(H,26,29)(H,27,28). The van der Waals surface area contributed by atoms with Gasteiger partial charge in [0.2, 0.25) is 5.91 Å². The summed E-state index contributed by atoms with van der Waals surface area (Å²) in [7, 11) is 0. The highest BCUT2D eigenvalue weighted by Gasteiger charge is 2.33. The summed E-state index contributed by atoms with van der Waals surface area (Å²) in [4.78, 5) is 24.1. The van der Waals surface area contributed by atoms with Crippen molar-refractivity contribution >= 4 is 34.4 Å². The molecule has 30 heavy (non-hydrogen) atoms. The maximum atomic E-state index is 13.0. The van der Waals surface area contributed by atoms with E-state index in [-0.39, 0.29) is 11.4 Å². The Morgan fingerprint density at radius 2 is 1.80 bits per heavy atom.